The molecule has 0 fully saturated rings. The van der Waals surface area contributed by atoms with Crippen LogP contribution >= 0.6 is 0 Å². The zero-order chi connectivity index (χ0) is 14.1. The quantitative estimate of drug-likeness (QED) is 0.634. The summed E-state index contributed by atoms with van der Waals surface area (Å²) >= 11 is 0. The fraction of sp³-hybridized carbons (Fsp3) is 0.467. The first-order valence-electron chi connectivity index (χ1n) is 6.23. The van der Waals surface area contributed by atoms with Gasteiger partial charge in [0.15, 0.2) is 0 Å². The number of rotatable bonds is 6. The van der Waals surface area contributed by atoms with Crippen molar-refractivity contribution in [2.45, 2.75) is 13.8 Å². The summed E-state index contributed by atoms with van der Waals surface area (Å²) in [5.74, 6) is 5.73. The van der Waals surface area contributed by atoms with Gasteiger partial charge in [0.05, 0.1) is 12.2 Å². The Labute approximate surface area is 113 Å². The van der Waals surface area contributed by atoms with E-state index in [1.807, 2.05) is 0 Å². The molecule has 1 aromatic carbocycles. The van der Waals surface area contributed by atoms with Crippen molar-refractivity contribution in [2.24, 2.45) is 5.92 Å². The van der Waals surface area contributed by atoms with E-state index in [-0.39, 0.29) is 12.4 Å². The Hall–Kier alpha value is -1.57. The van der Waals surface area contributed by atoms with Crippen LogP contribution in [0.4, 0.5) is 4.39 Å². The van der Waals surface area contributed by atoms with Crippen molar-refractivity contribution in [3.63, 3.8) is 0 Å². The largest absolute Gasteiger partial charge is 0.490 e. The van der Waals surface area contributed by atoms with Crippen molar-refractivity contribution in [1.29, 1.82) is 0 Å². The molecule has 0 atom stereocenters. The van der Waals surface area contributed by atoms with Gasteiger partial charge in [-0.3, -0.25) is 0 Å². The van der Waals surface area contributed by atoms with E-state index in [0.29, 0.717) is 37.1 Å². The molecule has 0 amide bonds. The molecule has 0 saturated heterocycles. The zero-order valence-electron chi connectivity index (χ0n) is 11.3. The van der Waals surface area contributed by atoms with Crippen molar-refractivity contribution in [2.75, 3.05) is 26.4 Å². The lowest BCUT2D eigenvalue weighted by molar-refractivity contribution is 0.0818. The summed E-state index contributed by atoms with van der Waals surface area (Å²) in [6.45, 7) is 5.42. The molecule has 0 bridgehead atoms. The molecule has 4 heteroatoms. The predicted octanol–water partition coefficient (Wildman–Crippen LogP) is 2.22. The SMILES string of the molecule is CC(C)COCCOc1ccc(F)cc1C#CCO. The topological polar surface area (TPSA) is 38.7 Å². The molecular formula is C15H19FO3. The molecule has 19 heavy (non-hydrogen) atoms. The number of hydrogen-bond acceptors (Lipinski definition) is 3. The van der Waals surface area contributed by atoms with E-state index < -0.39 is 0 Å². The number of aliphatic hydroxyl groups excluding tert-OH is 1. The molecule has 0 radical (unpaired) electrons. The molecule has 0 spiro atoms. The normalized spacial score (nSPS) is 10.2. The molecule has 0 aliphatic rings. The Morgan fingerprint density at radius 2 is 2.11 bits per heavy atom. The van der Waals surface area contributed by atoms with Crippen LogP contribution in [0.25, 0.3) is 0 Å². The maximum Gasteiger partial charge on any atom is 0.135 e. The minimum atomic E-state index is -0.384. The Bertz CT molecular complexity index is 446. The van der Waals surface area contributed by atoms with Gasteiger partial charge in [0.2, 0.25) is 0 Å². The first-order valence-corrected chi connectivity index (χ1v) is 6.23. The van der Waals surface area contributed by atoms with Gasteiger partial charge < -0.3 is 14.6 Å². The van der Waals surface area contributed by atoms with Gasteiger partial charge in [-0.25, -0.2) is 4.39 Å². The van der Waals surface area contributed by atoms with E-state index in [0.717, 1.165) is 0 Å². The van der Waals surface area contributed by atoms with E-state index in [2.05, 4.69) is 25.7 Å². The van der Waals surface area contributed by atoms with Crippen LogP contribution in [0.15, 0.2) is 18.2 Å². The number of ether oxygens (including phenoxy) is 2. The summed E-state index contributed by atoms with van der Waals surface area (Å²) in [4.78, 5) is 0. The highest BCUT2D eigenvalue weighted by molar-refractivity contribution is 5.46. The van der Waals surface area contributed by atoms with E-state index in [9.17, 15) is 4.39 Å². The summed E-state index contributed by atoms with van der Waals surface area (Å²) in [7, 11) is 0. The highest BCUT2D eigenvalue weighted by Gasteiger charge is 2.03. The van der Waals surface area contributed by atoms with Gasteiger partial charge in [-0.15, -0.1) is 0 Å². The van der Waals surface area contributed by atoms with Gasteiger partial charge in [0.25, 0.3) is 0 Å². The number of benzene rings is 1. The molecule has 1 rings (SSSR count). The highest BCUT2D eigenvalue weighted by Crippen LogP contribution is 2.18. The summed E-state index contributed by atoms with van der Waals surface area (Å²) in [6.07, 6.45) is 0. The van der Waals surface area contributed by atoms with E-state index in [4.69, 9.17) is 14.6 Å². The minimum Gasteiger partial charge on any atom is -0.490 e. The maximum atomic E-state index is 13.1. The first-order chi connectivity index (χ1) is 9.13. The Morgan fingerprint density at radius 3 is 2.79 bits per heavy atom. The third-order valence-corrected chi connectivity index (χ3v) is 2.18. The molecule has 104 valence electrons. The second-order valence-corrected chi connectivity index (χ2v) is 4.42. The molecule has 3 nitrogen and oxygen atoms in total. The Morgan fingerprint density at radius 1 is 1.32 bits per heavy atom. The van der Waals surface area contributed by atoms with Crippen molar-refractivity contribution >= 4 is 0 Å². The van der Waals surface area contributed by atoms with Crippen LogP contribution in [0.1, 0.15) is 19.4 Å². The van der Waals surface area contributed by atoms with Crippen LogP contribution in [0, 0.1) is 23.6 Å². The van der Waals surface area contributed by atoms with E-state index >= 15 is 0 Å². The molecule has 0 heterocycles. The minimum absolute atomic E-state index is 0.270. The van der Waals surface area contributed by atoms with Gasteiger partial charge >= 0.3 is 0 Å². The van der Waals surface area contributed by atoms with Gasteiger partial charge in [0.1, 0.15) is 24.8 Å². The third kappa shape index (κ3) is 6.23. The summed E-state index contributed by atoms with van der Waals surface area (Å²) in [5, 5.41) is 8.66. The molecule has 0 aliphatic carbocycles. The first kappa shape index (κ1) is 15.5. The van der Waals surface area contributed by atoms with E-state index in [1.165, 1.54) is 18.2 Å². The van der Waals surface area contributed by atoms with Gasteiger partial charge in [-0.1, -0.05) is 25.7 Å². The smallest absolute Gasteiger partial charge is 0.135 e. The molecule has 1 aromatic rings. The molecular weight excluding hydrogens is 247 g/mol. The average molecular weight is 266 g/mol. The number of halogens is 1. The van der Waals surface area contributed by atoms with Crippen molar-refractivity contribution in [3.05, 3.63) is 29.6 Å². The lowest BCUT2D eigenvalue weighted by atomic mass is 10.2. The van der Waals surface area contributed by atoms with Gasteiger partial charge in [-0.05, 0) is 24.1 Å². The molecule has 0 aliphatic heterocycles. The lowest BCUT2D eigenvalue weighted by Crippen LogP contribution is -2.10. The van der Waals surface area contributed by atoms with Gasteiger partial charge in [0, 0.05) is 6.61 Å². The lowest BCUT2D eigenvalue weighted by Gasteiger charge is -2.10. The second-order valence-electron chi connectivity index (χ2n) is 4.42. The molecule has 0 unspecified atom stereocenters. The van der Waals surface area contributed by atoms with Crippen LogP contribution < -0.4 is 4.74 Å². The fourth-order valence-electron chi connectivity index (χ4n) is 1.39. The van der Waals surface area contributed by atoms with Crippen molar-refractivity contribution < 1.29 is 19.0 Å². The molecule has 0 saturated carbocycles. The fourth-order valence-corrected chi connectivity index (χ4v) is 1.39. The van der Waals surface area contributed by atoms with Gasteiger partial charge in [-0.2, -0.15) is 0 Å². The summed E-state index contributed by atoms with van der Waals surface area (Å²) in [5.41, 5.74) is 0.429. The summed E-state index contributed by atoms with van der Waals surface area (Å²) in [6, 6.07) is 4.13. The van der Waals surface area contributed by atoms with Crippen LogP contribution in [0.5, 0.6) is 5.75 Å². The second kappa shape index (κ2) is 8.52. The third-order valence-electron chi connectivity index (χ3n) is 2.18. The number of hydrogen-bond donors (Lipinski definition) is 1. The van der Waals surface area contributed by atoms with Crippen molar-refractivity contribution in [3.8, 4) is 17.6 Å². The van der Waals surface area contributed by atoms with Crippen LogP contribution in [-0.4, -0.2) is 31.5 Å². The molecule has 0 aromatic heterocycles. The Balaban J connectivity index is 2.52. The zero-order valence-corrected chi connectivity index (χ0v) is 11.3. The van der Waals surface area contributed by atoms with Crippen LogP contribution in [-0.2, 0) is 4.74 Å². The van der Waals surface area contributed by atoms with Crippen LogP contribution in [0.2, 0.25) is 0 Å². The average Bonchev–Trinajstić information content (AvgIpc) is 2.37. The predicted molar refractivity (Wildman–Crippen MR) is 71.5 cm³/mol. The monoisotopic (exact) mass is 266 g/mol. The number of aliphatic hydroxyl groups is 1. The summed E-state index contributed by atoms with van der Waals surface area (Å²) < 4.78 is 24.0. The Kier molecular flexibility index (Phi) is 6.94. The highest BCUT2D eigenvalue weighted by atomic mass is 19.1. The maximum absolute atomic E-state index is 13.1. The molecule has 1 N–H and O–H groups in total. The van der Waals surface area contributed by atoms with Crippen molar-refractivity contribution in [1.82, 2.24) is 0 Å². The standard InChI is InChI=1S/C15H19FO3/c1-12(2)11-18-8-9-19-15-6-5-14(16)10-13(15)4-3-7-17/h5-6,10,12,17H,7-9,11H2,1-2H3. The van der Waals surface area contributed by atoms with Crippen LogP contribution in [0.3, 0.4) is 0 Å². The van der Waals surface area contributed by atoms with E-state index in [1.54, 1.807) is 0 Å².